The van der Waals surface area contributed by atoms with Crippen molar-refractivity contribution < 1.29 is 14.6 Å². The highest BCUT2D eigenvalue weighted by Gasteiger charge is 2.06. The third-order valence-electron chi connectivity index (χ3n) is 2.88. The largest absolute Gasteiger partial charge is 0.508 e. The van der Waals surface area contributed by atoms with Crippen LogP contribution in [0.25, 0.3) is 0 Å². The van der Waals surface area contributed by atoms with Crippen LogP contribution in [0.4, 0.5) is 0 Å². The van der Waals surface area contributed by atoms with Gasteiger partial charge in [0.2, 0.25) is 5.91 Å². The fourth-order valence-electron chi connectivity index (χ4n) is 1.74. The van der Waals surface area contributed by atoms with E-state index in [2.05, 4.69) is 5.32 Å². The molecule has 4 nitrogen and oxygen atoms in total. The predicted molar refractivity (Wildman–Crippen MR) is 83.7 cm³/mol. The highest BCUT2D eigenvalue weighted by atomic mass is 32.2. The molecule has 21 heavy (non-hydrogen) atoms. The van der Waals surface area contributed by atoms with Gasteiger partial charge in [-0.05, 0) is 30.3 Å². The van der Waals surface area contributed by atoms with Crippen molar-refractivity contribution in [2.45, 2.75) is 11.4 Å². The van der Waals surface area contributed by atoms with Gasteiger partial charge >= 0.3 is 0 Å². The Kier molecular flexibility index (Phi) is 5.51. The number of nitrogens with one attached hydrogen (secondary N) is 1. The van der Waals surface area contributed by atoms with E-state index in [-0.39, 0.29) is 18.2 Å². The van der Waals surface area contributed by atoms with Gasteiger partial charge < -0.3 is 15.2 Å². The number of benzene rings is 2. The maximum atomic E-state index is 11.8. The molecule has 0 aliphatic carbocycles. The standard InChI is InChI=1S/C16H17NO3S/c1-20-13-7-8-15(18)12(9-13)10-17-16(19)11-21-14-5-3-2-4-6-14/h2-9,18H,10-11H2,1H3,(H,17,19). The molecule has 1 amide bonds. The van der Waals surface area contributed by atoms with Crippen molar-refractivity contribution >= 4 is 17.7 Å². The van der Waals surface area contributed by atoms with Crippen LogP contribution in [0.1, 0.15) is 5.56 Å². The lowest BCUT2D eigenvalue weighted by atomic mass is 10.2. The van der Waals surface area contributed by atoms with E-state index < -0.39 is 0 Å². The van der Waals surface area contributed by atoms with Crippen molar-refractivity contribution in [3.05, 3.63) is 54.1 Å². The van der Waals surface area contributed by atoms with Gasteiger partial charge in [-0.1, -0.05) is 18.2 Å². The summed E-state index contributed by atoms with van der Waals surface area (Å²) in [5.41, 5.74) is 0.632. The van der Waals surface area contributed by atoms with Gasteiger partial charge in [-0.3, -0.25) is 4.79 Å². The van der Waals surface area contributed by atoms with E-state index in [1.807, 2.05) is 30.3 Å². The van der Waals surface area contributed by atoms with E-state index in [0.717, 1.165) is 4.90 Å². The molecule has 2 rings (SSSR count). The number of phenols is 1. The Labute approximate surface area is 128 Å². The first kappa shape index (κ1) is 15.3. The average molecular weight is 303 g/mol. The number of aromatic hydroxyl groups is 1. The third-order valence-corrected chi connectivity index (χ3v) is 3.89. The van der Waals surface area contributed by atoms with Gasteiger partial charge in [0.25, 0.3) is 0 Å². The van der Waals surface area contributed by atoms with Crippen LogP contribution in [-0.2, 0) is 11.3 Å². The summed E-state index contributed by atoms with van der Waals surface area (Å²) < 4.78 is 5.09. The molecule has 0 spiro atoms. The molecule has 0 aromatic heterocycles. The fourth-order valence-corrected chi connectivity index (χ4v) is 2.49. The van der Waals surface area contributed by atoms with Gasteiger partial charge in [-0.15, -0.1) is 11.8 Å². The van der Waals surface area contributed by atoms with Crippen molar-refractivity contribution in [1.82, 2.24) is 5.32 Å². The van der Waals surface area contributed by atoms with Crippen molar-refractivity contribution in [2.24, 2.45) is 0 Å². The summed E-state index contributed by atoms with van der Waals surface area (Å²) in [7, 11) is 1.56. The molecule has 0 unspecified atom stereocenters. The molecule has 0 saturated carbocycles. The molecule has 5 heteroatoms. The SMILES string of the molecule is COc1ccc(O)c(CNC(=O)CSc2ccccc2)c1. The average Bonchev–Trinajstić information content (AvgIpc) is 2.53. The Morgan fingerprint density at radius 3 is 2.71 bits per heavy atom. The van der Waals surface area contributed by atoms with E-state index in [0.29, 0.717) is 17.1 Å². The van der Waals surface area contributed by atoms with Gasteiger partial charge in [-0.2, -0.15) is 0 Å². The summed E-state index contributed by atoms with van der Waals surface area (Å²) in [6, 6.07) is 14.7. The molecule has 0 aliphatic rings. The van der Waals surface area contributed by atoms with Crippen molar-refractivity contribution in [1.29, 1.82) is 0 Å². The molecule has 110 valence electrons. The minimum absolute atomic E-state index is 0.0777. The summed E-state index contributed by atoms with van der Waals surface area (Å²) in [4.78, 5) is 12.9. The molecule has 0 bridgehead atoms. The number of hydrogen-bond acceptors (Lipinski definition) is 4. The van der Waals surface area contributed by atoms with Crippen LogP contribution in [0, 0.1) is 0 Å². The molecule has 2 aromatic rings. The Bertz CT molecular complexity index is 602. The van der Waals surface area contributed by atoms with Crippen molar-refractivity contribution in [2.75, 3.05) is 12.9 Å². The van der Waals surface area contributed by atoms with Crippen LogP contribution < -0.4 is 10.1 Å². The van der Waals surface area contributed by atoms with Gasteiger partial charge in [0, 0.05) is 17.0 Å². The quantitative estimate of drug-likeness (QED) is 0.806. The minimum atomic E-state index is -0.0777. The first-order valence-corrected chi connectivity index (χ1v) is 7.48. The highest BCUT2D eigenvalue weighted by Crippen LogP contribution is 2.22. The zero-order chi connectivity index (χ0) is 15.1. The van der Waals surface area contributed by atoms with E-state index in [1.165, 1.54) is 11.8 Å². The zero-order valence-corrected chi connectivity index (χ0v) is 12.5. The molecule has 0 fully saturated rings. The lowest BCUT2D eigenvalue weighted by Crippen LogP contribution is -2.24. The third kappa shape index (κ3) is 4.72. The lowest BCUT2D eigenvalue weighted by Gasteiger charge is -2.09. The van der Waals surface area contributed by atoms with E-state index in [9.17, 15) is 9.90 Å². The van der Waals surface area contributed by atoms with Crippen LogP contribution in [0.5, 0.6) is 11.5 Å². The topological polar surface area (TPSA) is 58.6 Å². The number of rotatable bonds is 6. The maximum absolute atomic E-state index is 11.8. The second-order valence-electron chi connectivity index (χ2n) is 4.37. The van der Waals surface area contributed by atoms with Crippen LogP contribution >= 0.6 is 11.8 Å². The number of carbonyl (C=O) groups is 1. The van der Waals surface area contributed by atoms with E-state index >= 15 is 0 Å². The fraction of sp³-hybridized carbons (Fsp3) is 0.188. The van der Waals surface area contributed by atoms with Gasteiger partial charge in [0.15, 0.2) is 0 Å². The smallest absolute Gasteiger partial charge is 0.230 e. The number of thioether (sulfide) groups is 1. The van der Waals surface area contributed by atoms with Crippen LogP contribution in [0.15, 0.2) is 53.4 Å². The second-order valence-corrected chi connectivity index (χ2v) is 5.42. The molecule has 2 aromatic carbocycles. The first-order valence-electron chi connectivity index (χ1n) is 6.49. The van der Waals surface area contributed by atoms with Crippen molar-refractivity contribution in [3.8, 4) is 11.5 Å². The molecule has 0 heterocycles. The number of methoxy groups -OCH3 is 1. The molecular formula is C16H17NO3S. The van der Waals surface area contributed by atoms with E-state index in [1.54, 1.807) is 25.3 Å². The Hall–Kier alpha value is -2.14. The Morgan fingerprint density at radius 2 is 2.00 bits per heavy atom. The van der Waals surface area contributed by atoms with Crippen LogP contribution in [-0.4, -0.2) is 23.9 Å². The summed E-state index contributed by atoms with van der Waals surface area (Å²) in [6.45, 7) is 0.275. The van der Waals surface area contributed by atoms with Gasteiger partial charge in [-0.25, -0.2) is 0 Å². The highest BCUT2D eigenvalue weighted by molar-refractivity contribution is 8.00. The van der Waals surface area contributed by atoms with Gasteiger partial charge in [0.1, 0.15) is 11.5 Å². The molecule has 0 saturated heterocycles. The zero-order valence-electron chi connectivity index (χ0n) is 11.7. The number of ether oxygens (including phenoxy) is 1. The Balaban J connectivity index is 1.84. The summed E-state index contributed by atoms with van der Waals surface area (Å²) >= 11 is 1.48. The lowest BCUT2D eigenvalue weighted by molar-refractivity contribution is -0.118. The molecular weight excluding hydrogens is 286 g/mol. The van der Waals surface area contributed by atoms with Crippen molar-refractivity contribution in [3.63, 3.8) is 0 Å². The molecule has 0 atom stereocenters. The number of hydrogen-bond donors (Lipinski definition) is 2. The number of amides is 1. The second kappa shape index (κ2) is 7.59. The molecule has 0 aliphatic heterocycles. The molecule has 0 radical (unpaired) electrons. The Morgan fingerprint density at radius 1 is 1.24 bits per heavy atom. The normalized spacial score (nSPS) is 10.1. The van der Waals surface area contributed by atoms with E-state index in [4.69, 9.17) is 4.74 Å². The minimum Gasteiger partial charge on any atom is -0.508 e. The first-order chi connectivity index (χ1) is 10.2. The van der Waals surface area contributed by atoms with Crippen LogP contribution in [0.2, 0.25) is 0 Å². The monoisotopic (exact) mass is 303 g/mol. The van der Waals surface area contributed by atoms with Gasteiger partial charge in [0.05, 0.1) is 12.9 Å². The number of phenolic OH excluding ortho intramolecular Hbond substituents is 1. The molecule has 2 N–H and O–H groups in total. The maximum Gasteiger partial charge on any atom is 0.230 e. The predicted octanol–water partition coefficient (Wildman–Crippen LogP) is 2.81. The summed E-state index contributed by atoms with van der Waals surface area (Å²) in [6.07, 6.45) is 0. The van der Waals surface area contributed by atoms with Crippen LogP contribution in [0.3, 0.4) is 0 Å². The summed E-state index contributed by atoms with van der Waals surface area (Å²) in [5, 5.41) is 12.5. The number of carbonyl (C=O) groups excluding carboxylic acids is 1. The summed E-state index contributed by atoms with van der Waals surface area (Å²) in [5.74, 6) is 1.06.